The second kappa shape index (κ2) is 8.19. The maximum atomic E-state index is 12.4. The average molecular weight is 399 g/mol. The molecule has 1 aromatic heterocycles. The zero-order chi connectivity index (χ0) is 18.6. The lowest BCUT2D eigenvalue weighted by Crippen LogP contribution is -2.09. The number of ether oxygens (including phenoxy) is 1. The Kier molecular flexibility index (Phi) is 5.50. The Morgan fingerprint density at radius 2 is 1.81 bits per heavy atom. The summed E-state index contributed by atoms with van der Waals surface area (Å²) in [4.78, 5) is 16.7. The second-order valence-corrected chi connectivity index (χ2v) is 8.79. The number of carbonyl (C=O) groups is 1. The SMILES string of the molecule is C[C@H](OC(=O)c1ccc(C2SCCS2)cc1)c1nc(-c2ccccc2)no1. The first-order chi connectivity index (χ1) is 13.2. The van der Waals surface area contributed by atoms with Crippen LogP contribution in [0.25, 0.3) is 11.4 Å². The van der Waals surface area contributed by atoms with E-state index < -0.39 is 12.1 Å². The summed E-state index contributed by atoms with van der Waals surface area (Å²) in [6.07, 6.45) is -0.622. The number of hydrogen-bond acceptors (Lipinski definition) is 7. The molecule has 4 rings (SSSR count). The molecule has 1 saturated heterocycles. The van der Waals surface area contributed by atoms with E-state index in [2.05, 4.69) is 10.1 Å². The summed E-state index contributed by atoms with van der Waals surface area (Å²) >= 11 is 3.87. The largest absolute Gasteiger partial charge is 0.449 e. The quantitative estimate of drug-likeness (QED) is 0.552. The predicted molar refractivity (Wildman–Crippen MR) is 108 cm³/mol. The Morgan fingerprint density at radius 1 is 1.11 bits per heavy atom. The molecule has 138 valence electrons. The molecule has 0 spiro atoms. The summed E-state index contributed by atoms with van der Waals surface area (Å²) in [5, 5.41) is 3.96. The Bertz CT molecular complexity index is 906. The van der Waals surface area contributed by atoms with Gasteiger partial charge in [-0.15, -0.1) is 23.5 Å². The average Bonchev–Trinajstić information content (AvgIpc) is 3.41. The zero-order valence-corrected chi connectivity index (χ0v) is 16.3. The fraction of sp³-hybridized carbons (Fsp3) is 0.250. The molecule has 0 N–H and O–H groups in total. The van der Waals surface area contributed by atoms with E-state index in [9.17, 15) is 4.79 Å². The van der Waals surface area contributed by atoms with Gasteiger partial charge in [-0.25, -0.2) is 4.79 Å². The van der Waals surface area contributed by atoms with Gasteiger partial charge in [0.25, 0.3) is 5.89 Å². The number of aromatic nitrogens is 2. The van der Waals surface area contributed by atoms with Crippen molar-refractivity contribution >= 4 is 29.5 Å². The van der Waals surface area contributed by atoms with Gasteiger partial charge >= 0.3 is 5.97 Å². The molecule has 0 amide bonds. The zero-order valence-electron chi connectivity index (χ0n) is 14.7. The minimum absolute atomic E-state index is 0.276. The van der Waals surface area contributed by atoms with Crippen molar-refractivity contribution in [1.82, 2.24) is 10.1 Å². The first-order valence-corrected chi connectivity index (χ1v) is 10.7. The lowest BCUT2D eigenvalue weighted by molar-refractivity contribution is 0.0265. The molecule has 1 aliphatic heterocycles. The van der Waals surface area contributed by atoms with Crippen molar-refractivity contribution in [2.45, 2.75) is 17.6 Å². The number of hydrogen-bond donors (Lipinski definition) is 0. The highest BCUT2D eigenvalue weighted by atomic mass is 32.2. The Morgan fingerprint density at radius 3 is 2.52 bits per heavy atom. The topological polar surface area (TPSA) is 65.2 Å². The predicted octanol–water partition coefficient (Wildman–Crippen LogP) is 5.13. The van der Waals surface area contributed by atoms with E-state index in [1.54, 1.807) is 6.92 Å². The third-order valence-electron chi connectivity index (χ3n) is 4.15. The van der Waals surface area contributed by atoms with Gasteiger partial charge < -0.3 is 9.26 Å². The molecule has 0 unspecified atom stereocenters. The Hall–Kier alpha value is -2.25. The number of carbonyl (C=O) groups excluding carboxylic acids is 1. The number of esters is 1. The van der Waals surface area contributed by atoms with Gasteiger partial charge in [-0.1, -0.05) is 47.6 Å². The third kappa shape index (κ3) is 4.20. The van der Waals surface area contributed by atoms with Crippen molar-refractivity contribution in [2.75, 3.05) is 11.5 Å². The van der Waals surface area contributed by atoms with Gasteiger partial charge in [0.05, 0.1) is 10.1 Å². The molecule has 3 aromatic rings. The fourth-order valence-electron chi connectivity index (χ4n) is 2.71. The normalized spacial score (nSPS) is 15.6. The summed E-state index contributed by atoms with van der Waals surface area (Å²) < 4.78 is 11.2. The maximum Gasteiger partial charge on any atom is 0.338 e. The molecule has 1 aliphatic rings. The van der Waals surface area contributed by atoms with Crippen LogP contribution in [0.15, 0.2) is 59.1 Å². The van der Waals surface area contributed by atoms with E-state index in [-0.39, 0.29) is 5.89 Å². The van der Waals surface area contributed by atoms with E-state index in [1.807, 2.05) is 78.1 Å². The van der Waals surface area contributed by atoms with Gasteiger partial charge in [0.2, 0.25) is 5.82 Å². The summed E-state index contributed by atoms with van der Waals surface area (Å²) in [6, 6.07) is 17.1. The van der Waals surface area contributed by atoms with Gasteiger partial charge in [-0.3, -0.25) is 0 Å². The van der Waals surface area contributed by atoms with Gasteiger partial charge in [0.1, 0.15) is 0 Å². The molecular formula is C20H18N2O3S2. The van der Waals surface area contributed by atoms with E-state index >= 15 is 0 Å². The number of nitrogens with zero attached hydrogens (tertiary/aromatic N) is 2. The lowest BCUT2D eigenvalue weighted by atomic mass is 10.1. The molecule has 2 aromatic carbocycles. The molecule has 1 atom stereocenters. The molecule has 7 heteroatoms. The fourth-order valence-corrected chi connectivity index (χ4v) is 5.57. The van der Waals surface area contributed by atoms with Crippen LogP contribution in [0.4, 0.5) is 0 Å². The molecule has 0 radical (unpaired) electrons. The van der Waals surface area contributed by atoms with E-state index in [0.717, 1.165) is 5.56 Å². The van der Waals surface area contributed by atoms with Crippen LogP contribution in [-0.2, 0) is 4.74 Å². The molecule has 0 bridgehead atoms. The summed E-state index contributed by atoms with van der Waals surface area (Å²) in [7, 11) is 0. The van der Waals surface area contributed by atoms with Crippen LogP contribution in [0, 0.1) is 0 Å². The van der Waals surface area contributed by atoms with Gasteiger partial charge in [-0.05, 0) is 24.6 Å². The highest BCUT2D eigenvalue weighted by Crippen LogP contribution is 2.45. The molecule has 5 nitrogen and oxygen atoms in total. The van der Waals surface area contributed by atoms with Crippen molar-refractivity contribution in [3.63, 3.8) is 0 Å². The Balaban J connectivity index is 1.41. The number of rotatable bonds is 5. The molecule has 27 heavy (non-hydrogen) atoms. The molecular weight excluding hydrogens is 380 g/mol. The summed E-state index contributed by atoms with van der Waals surface area (Å²) in [6.45, 7) is 1.72. The molecule has 1 fully saturated rings. The maximum absolute atomic E-state index is 12.4. The monoisotopic (exact) mass is 398 g/mol. The van der Waals surface area contributed by atoms with Gasteiger partial charge in [-0.2, -0.15) is 4.98 Å². The molecule has 2 heterocycles. The number of thioether (sulfide) groups is 2. The van der Waals surface area contributed by atoms with Crippen LogP contribution in [-0.4, -0.2) is 27.6 Å². The van der Waals surface area contributed by atoms with E-state index in [4.69, 9.17) is 9.26 Å². The van der Waals surface area contributed by atoms with Gasteiger partial charge in [0, 0.05) is 17.1 Å². The Labute approximate surface area is 165 Å². The van der Waals surface area contributed by atoms with Crippen LogP contribution in [0.1, 0.15) is 39.4 Å². The summed E-state index contributed by atoms with van der Waals surface area (Å²) in [5.41, 5.74) is 2.60. The van der Waals surface area contributed by atoms with Crippen molar-refractivity contribution < 1.29 is 14.1 Å². The first kappa shape index (κ1) is 18.1. The van der Waals surface area contributed by atoms with Crippen molar-refractivity contribution in [1.29, 1.82) is 0 Å². The highest BCUT2D eigenvalue weighted by Gasteiger charge is 2.21. The highest BCUT2D eigenvalue weighted by molar-refractivity contribution is 8.19. The third-order valence-corrected chi connectivity index (χ3v) is 7.25. The second-order valence-electron chi connectivity index (χ2n) is 6.07. The van der Waals surface area contributed by atoms with Crippen molar-refractivity contribution in [2.24, 2.45) is 0 Å². The van der Waals surface area contributed by atoms with E-state index in [1.165, 1.54) is 17.1 Å². The van der Waals surface area contributed by atoms with Crippen LogP contribution >= 0.6 is 23.5 Å². The van der Waals surface area contributed by atoms with Gasteiger partial charge in [0.15, 0.2) is 6.10 Å². The summed E-state index contributed by atoms with van der Waals surface area (Å²) in [5.74, 6) is 2.69. The standard InChI is InChI=1S/C20H18N2O3S2/c1-13(18-21-17(22-25-18)14-5-3-2-4-6-14)24-19(23)15-7-9-16(10-8-15)20-26-11-12-27-20/h2-10,13,20H,11-12H2,1H3/t13-/m0/s1. The van der Waals surface area contributed by atoms with Crippen LogP contribution in [0.2, 0.25) is 0 Å². The first-order valence-electron chi connectivity index (χ1n) is 8.64. The molecule has 0 saturated carbocycles. The lowest BCUT2D eigenvalue weighted by Gasteiger charge is -2.11. The van der Waals surface area contributed by atoms with Crippen molar-refractivity contribution in [3.05, 3.63) is 71.6 Å². The van der Waals surface area contributed by atoms with Crippen LogP contribution in [0.5, 0.6) is 0 Å². The minimum Gasteiger partial charge on any atom is -0.449 e. The van der Waals surface area contributed by atoms with E-state index in [0.29, 0.717) is 16.0 Å². The van der Waals surface area contributed by atoms with Crippen LogP contribution in [0.3, 0.4) is 0 Å². The molecule has 0 aliphatic carbocycles. The number of benzene rings is 2. The van der Waals surface area contributed by atoms with Crippen molar-refractivity contribution in [3.8, 4) is 11.4 Å². The smallest absolute Gasteiger partial charge is 0.338 e. The minimum atomic E-state index is -0.622. The van der Waals surface area contributed by atoms with Crippen LogP contribution < -0.4 is 0 Å².